The highest BCUT2D eigenvalue weighted by Gasteiger charge is 2.12. The third-order valence-electron chi connectivity index (χ3n) is 2.37. The number of fused-ring (bicyclic) bond motifs is 1. The van der Waals surface area contributed by atoms with Crippen molar-refractivity contribution in [2.24, 2.45) is 7.05 Å². The van der Waals surface area contributed by atoms with Crippen LogP contribution >= 0.6 is 0 Å². The molecule has 2 aromatic rings. The molecule has 0 spiro atoms. The highest BCUT2D eigenvalue weighted by Crippen LogP contribution is 2.15. The Labute approximate surface area is 88.0 Å². The minimum atomic E-state index is 0.00343. The second-order valence-electron chi connectivity index (χ2n) is 3.40. The highest BCUT2D eigenvalue weighted by molar-refractivity contribution is 5.97. The zero-order valence-corrected chi connectivity index (χ0v) is 8.60. The number of allylic oxidation sites excluding steroid dienone is 1. The number of aryl methyl sites for hydroxylation is 1. The Morgan fingerprint density at radius 2 is 2.27 bits per heavy atom. The van der Waals surface area contributed by atoms with Gasteiger partial charge in [-0.25, -0.2) is 4.98 Å². The van der Waals surface area contributed by atoms with Gasteiger partial charge in [-0.1, -0.05) is 18.2 Å². The summed E-state index contributed by atoms with van der Waals surface area (Å²) in [6.07, 6.45) is 1.93. The number of para-hydroxylation sites is 2. The van der Waals surface area contributed by atoms with Crippen LogP contribution in [0.1, 0.15) is 17.0 Å². The monoisotopic (exact) mass is 200 g/mol. The van der Waals surface area contributed by atoms with Crippen molar-refractivity contribution in [3.8, 4) is 0 Å². The normalized spacial score (nSPS) is 10.5. The van der Waals surface area contributed by atoms with Crippen LogP contribution in [-0.4, -0.2) is 15.3 Å². The van der Waals surface area contributed by atoms with E-state index in [0.717, 1.165) is 11.0 Å². The number of Topliss-reactive ketones (excluding diaryl/α,β-unsaturated/α-hetero) is 1. The molecule has 0 aliphatic carbocycles. The number of hydrogen-bond acceptors (Lipinski definition) is 2. The van der Waals surface area contributed by atoms with E-state index in [9.17, 15) is 4.79 Å². The first-order chi connectivity index (χ1) is 7.24. The molecule has 0 unspecified atom stereocenters. The third kappa shape index (κ3) is 1.56. The van der Waals surface area contributed by atoms with E-state index in [1.54, 1.807) is 6.08 Å². The average Bonchev–Trinajstić information content (AvgIpc) is 2.57. The van der Waals surface area contributed by atoms with Gasteiger partial charge in [0.25, 0.3) is 0 Å². The topological polar surface area (TPSA) is 34.9 Å². The van der Waals surface area contributed by atoms with Crippen molar-refractivity contribution < 1.29 is 4.79 Å². The largest absolute Gasteiger partial charge is 0.325 e. The zero-order chi connectivity index (χ0) is 10.8. The van der Waals surface area contributed by atoms with Crippen LogP contribution in [0.3, 0.4) is 0 Å². The van der Waals surface area contributed by atoms with Crippen molar-refractivity contribution in [1.82, 2.24) is 9.55 Å². The fourth-order valence-electron chi connectivity index (χ4n) is 1.62. The van der Waals surface area contributed by atoms with Gasteiger partial charge in [0.1, 0.15) is 0 Å². The summed E-state index contributed by atoms with van der Waals surface area (Å²) in [7, 11) is 1.85. The Balaban J connectivity index is 2.57. The third-order valence-corrected chi connectivity index (χ3v) is 2.37. The molecule has 76 valence electrons. The first-order valence-electron chi connectivity index (χ1n) is 4.79. The number of hydrogen-bond donors (Lipinski definition) is 0. The summed E-state index contributed by atoms with van der Waals surface area (Å²) in [5, 5.41) is 0. The van der Waals surface area contributed by atoms with E-state index < -0.39 is 0 Å². The summed E-state index contributed by atoms with van der Waals surface area (Å²) in [4.78, 5) is 16.0. The Kier molecular flexibility index (Phi) is 2.37. The number of carbonyl (C=O) groups is 1. The predicted octanol–water partition coefficient (Wildman–Crippen LogP) is 2.33. The molecular weight excluding hydrogens is 188 g/mol. The van der Waals surface area contributed by atoms with Crippen molar-refractivity contribution in [1.29, 1.82) is 0 Å². The zero-order valence-electron chi connectivity index (χ0n) is 8.60. The second kappa shape index (κ2) is 3.69. The van der Waals surface area contributed by atoms with Crippen molar-refractivity contribution in [2.75, 3.05) is 0 Å². The molecule has 1 heterocycles. The molecule has 0 N–H and O–H groups in total. The quantitative estimate of drug-likeness (QED) is 0.563. The minimum Gasteiger partial charge on any atom is -0.325 e. The molecule has 0 fully saturated rings. The molecule has 0 aliphatic heterocycles. The standard InChI is InChI=1S/C12H12N2O/c1-3-6-11(15)12-13-9-7-4-5-8-10(9)14(12)2/h3-5,7-8H,1,6H2,2H3. The molecule has 0 atom stereocenters. The lowest BCUT2D eigenvalue weighted by Crippen LogP contribution is -2.06. The lowest BCUT2D eigenvalue weighted by molar-refractivity contribution is 0.0983. The van der Waals surface area contributed by atoms with Crippen LogP contribution < -0.4 is 0 Å². The number of carbonyl (C=O) groups excluding carboxylic acids is 1. The molecule has 0 saturated carbocycles. The molecule has 3 nitrogen and oxygen atoms in total. The number of imidazole rings is 1. The Morgan fingerprint density at radius 1 is 1.53 bits per heavy atom. The van der Waals surface area contributed by atoms with Crippen LogP contribution in [0.15, 0.2) is 36.9 Å². The van der Waals surface area contributed by atoms with Crippen LogP contribution in [0.4, 0.5) is 0 Å². The van der Waals surface area contributed by atoms with Gasteiger partial charge in [0, 0.05) is 13.5 Å². The van der Waals surface area contributed by atoms with Gasteiger partial charge in [-0.3, -0.25) is 4.79 Å². The van der Waals surface area contributed by atoms with Gasteiger partial charge in [0.15, 0.2) is 5.82 Å². The molecular formula is C12H12N2O. The van der Waals surface area contributed by atoms with Crippen LogP contribution in [0.2, 0.25) is 0 Å². The van der Waals surface area contributed by atoms with Gasteiger partial charge in [-0.05, 0) is 12.1 Å². The summed E-state index contributed by atoms with van der Waals surface area (Å²) < 4.78 is 1.82. The van der Waals surface area contributed by atoms with E-state index in [1.807, 2.05) is 35.9 Å². The number of rotatable bonds is 3. The number of benzene rings is 1. The molecule has 0 amide bonds. The van der Waals surface area contributed by atoms with Crippen LogP contribution in [0, 0.1) is 0 Å². The van der Waals surface area contributed by atoms with Gasteiger partial charge in [0.2, 0.25) is 5.78 Å². The molecule has 1 aromatic carbocycles. The summed E-state index contributed by atoms with van der Waals surface area (Å²) in [6.45, 7) is 3.55. The lowest BCUT2D eigenvalue weighted by Gasteiger charge is -1.98. The van der Waals surface area contributed by atoms with Crippen molar-refractivity contribution >= 4 is 16.8 Å². The molecule has 15 heavy (non-hydrogen) atoms. The molecule has 2 rings (SSSR count). The maximum absolute atomic E-state index is 11.7. The maximum Gasteiger partial charge on any atom is 0.202 e. The molecule has 0 bridgehead atoms. The van der Waals surface area contributed by atoms with Gasteiger partial charge in [0.05, 0.1) is 11.0 Å². The number of aromatic nitrogens is 2. The summed E-state index contributed by atoms with van der Waals surface area (Å²) in [5.41, 5.74) is 1.83. The first-order valence-corrected chi connectivity index (χ1v) is 4.79. The number of nitrogens with zero attached hydrogens (tertiary/aromatic N) is 2. The van der Waals surface area contributed by atoms with Gasteiger partial charge >= 0.3 is 0 Å². The van der Waals surface area contributed by atoms with Crippen molar-refractivity contribution in [3.05, 3.63) is 42.7 Å². The van der Waals surface area contributed by atoms with Crippen molar-refractivity contribution in [3.63, 3.8) is 0 Å². The summed E-state index contributed by atoms with van der Waals surface area (Å²) >= 11 is 0. The SMILES string of the molecule is C=CCC(=O)c1nc2ccccc2n1C. The Hall–Kier alpha value is -1.90. The van der Waals surface area contributed by atoms with Crippen molar-refractivity contribution in [2.45, 2.75) is 6.42 Å². The second-order valence-corrected chi connectivity index (χ2v) is 3.40. The van der Waals surface area contributed by atoms with E-state index in [0.29, 0.717) is 12.2 Å². The minimum absolute atomic E-state index is 0.00343. The van der Waals surface area contributed by atoms with Crippen LogP contribution in [-0.2, 0) is 7.05 Å². The summed E-state index contributed by atoms with van der Waals surface area (Å²) in [6, 6.07) is 7.70. The number of ketones is 1. The fourth-order valence-corrected chi connectivity index (χ4v) is 1.62. The van der Waals surface area contributed by atoms with Crippen LogP contribution in [0.5, 0.6) is 0 Å². The van der Waals surface area contributed by atoms with E-state index >= 15 is 0 Å². The fraction of sp³-hybridized carbons (Fsp3) is 0.167. The lowest BCUT2D eigenvalue weighted by atomic mass is 10.3. The Bertz CT molecular complexity index is 525. The predicted molar refractivity (Wildman–Crippen MR) is 59.9 cm³/mol. The van der Waals surface area contributed by atoms with E-state index in [1.165, 1.54) is 0 Å². The maximum atomic E-state index is 11.7. The molecule has 0 saturated heterocycles. The molecule has 0 radical (unpaired) electrons. The Morgan fingerprint density at radius 3 is 2.93 bits per heavy atom. The highest BCUT2D eigenvalue weighted by atomic mass is 16.1. The van der Waals surface area contributed by atoms with Gasteiger partial charge in [-0.15, -0.1) is 6.58 Å². The van der Waals surface area contributed by atoms with Gasteiger partial charge < -0.3 is 4.57 Å². The average molecular weight is 200 g/mol. The van der Waals surface area contributed by atoms with E-state index in [4.69, 9.17) is 0 Å². The molecule has 0 aliphatic rings. The van der Waals surface area contributed by atoms with Crippen LogP contribution in [0.25, 0.3) is 11.0 Å². The smallest absolute Gasteiger partial charge is 0.202 e. The summed E-state index contributed by atoms with van der Waals surface area (Å²) in [5.74, 6) is 0.500. The first kappa shape index (κ1) is 9.65. The molecule has 1 aromatic heterocycles. The molecule has 3 heteroatoms. The van der Waals surface area contributed by atoms with Gasteiger partial charge in [-0.2, -0.15) is 0 Å². The van der Waals surface area contributed by atoms with E-state index in [-0.39, 0.29) is 5.78 Å². The van der Waals surface area contributed by atoms with E-state index in [2.05, 4.69) is 11.6 Å².